The minimum absolute atomic E-state index is 0.0549. The van der Waals surface area contributed by atoms with Crippen LogP contribution in [-0.4, -0.2) is 59.6 Å². The van der Waals surface area contributed by atoms with Crippen LogP contribution in [0.3, 0.4) is 0 Å². The summed E-state index contributed by atoms with van der Waals surface area (Å²) < 4.78 is 0. The van der Waals surface area contributed by atoms with Gasteiger partial charge in [0.15, 0.2) is 0 Å². The Hall–Kier alpha value is -2.08. The maximum Gasteiger partial charge on any atom is 0.317 e. The molecule has 2 aliphatic heterocycles. The minimum atomic E-state index is -0.842. The number of rotatable bonds is 4. The van der Waals surface area contributed by atoms with Crippen molar-refractivity contribution in [1.82, 2.24) is 15.1 Å². The molecule has 1 aromatic carbocycles. The molecule has 3 amide bonds. The number of hydrogen-bond acceptors (Lipinski definition) is 3. The molecular formula is C22H31N3O3. The Morgan fingerprint density at radius 3 is 2.43 bits per heavy atom. The molecule has 0 radical (unpaired) electrons. The fourth-order valence-corrected chi connectivity index (χ4v) is 4.48. The molecule has 6 heteroatoms. The van der Waals surface area contributed by atoms with Crippen molar-refractivity contribution in [3.63, 3.8) is 0 Å². The van der Waals surface area contributed by atoms with Gasteiger partial charge >= 0.3 is 6.03 Å². The van der Waals surface area contributed by atoms with Crippen LogP contribution in [0, 0.1) is 11.8 Å². The monoisotopic (exact) mass is 385 g/mol. The summed E-state index contributed by atoms with van der Waals surface area (Å²) in [6.07, 6.45) is 5.27. The molecule has 1 saturated carbocycles. The topological polar surface area (TPSA) is 72.9 Å². The van der Waals surface area contributed by atoms with Crippen LogP contribution in [0.2, 0.25) is 0 Å². The quantitative estimate of drug-likeness (QED) is 0.836. The Bertz CT molecular complexity index is 696. The molecule has 0 bridgehead atoms. The average molecular weight is 386 g/mol. The van der Waals surface area contributed by atoms with E-state index in [1.807, 2.05) is 35.2 Å². The van der Waals surface area contributed by atoms with Gasteiger partial charge in [0.25, 0.3) is 0 Å². The van der Waals surface area contributed by atoms with Crippen molar-refractivity contribution in [2.45, 2.75) is 44.1 Å². The number of piperidine rings is 2. The second kappa shape index (κ2) is 8.11. The maximum atomic E-state index is 12.6. The standard InChI is InChI=1S/C22H31N3O3/c26-20(18-8-9-18)25-12-4-5-17(16-25)15-23-21(27)24-13-10-22(28,11-14-24)19-6-2-1-3-7-19/h1-3,6-7,17-18,28H,4-5,8-16H2,(H,23,27)/t17-/m0/s1. The largest absolute Gasteiger partial charge is 0.385 e. The molecule has 2 N–H and O–H groups in total. The number of hydrogen-bond donors (Lipinski definition) is 2. The highest BCUT2D eigenvalue weighted by Gasteiger charge is 2.37. The molecule has 3 fully saturated rings. The third kappa shape index (κ3) is 4.32. The van der Waals surface area contributed by atoms with Gasteiger partial charge in [-0.3, -0.25) is 4.79 Å². The summed E-state index contributed by atoms with van der Waals surface area (Å²) in [4.78, 5) is 28.6. The summed E-state index contributed by atoms with van der Waals surface area (Å²) in [5, 5.41) is 14.0. The first-order valence-electron chi connectivity index (χ1n) is 10.6. The average Bonchev–Trinajstić information content (AvgIpc) is 3.58. The Labute approximate surface area is 166 Å². The first-order chi connectivity index (χ1) is 13.5. The number of urea groups is 1. The highest BCUT2D eigenvalue weighted by atomic mass is 16.3. The normalized spacial score (nSPS) is 24.7. The van der Waals surface area contributed by atoms with Crippen molar-refractivity contribution in [2.24, 2.45) is 11.8 Å². The van der Waals surface area contributed by atoms with Crippen LogP contribution < -0.4 is 5.32 Å². The molecule has 1 aromatic rings. The van der Waals surface area contributed by atoms with E-state index in [2.05, 4.69) is 5.32 Å². The molecule has 1 atom stereocenters. The lowest BCUT2D eigenvalue weighted by Crippen LogP contribution is -2.50. The smallest absolute Gasteiger partial charge is 0.317 e. The van der Waals surface area contributed by atoms with Crippen LogP contribution in [0.15, 0.2) is 30.3 Å². The van der Waals surface area contributed by atoms with E-state index >= 15 is 0 Å². The van der Waals surface area contributed by atoms with Gasteiger partial charge in [-0.25, -0.2) is 4.79 Å². The highest BCUT2D eigenvalue weighted by Crippen LogP contribution is 2.33. The molecule has 0 spiro atoms. The van der Waals surface area contributed by atoms with Crippen LogP contribution in [0.1, 0.15) is 44.1 Å². The fraction of sp³-hybridized carbons (Fsp3) is 0.636. The molecule has 28 heavy (non-hydrogen) atoms. The van der Waals surface area contributed by atoms with E-state index in [4.69, 9.17) is 0 Å². The van der Waals surface area contributed by atoms with E-state index in [1.165, 1.54) is 0 Å². The Balaban J connectivity index is 1.23. The van der Waals surface area contributed by atoms with Crippen LogP contribution in [0.25, 0.3) is 0 Å². The summed E-state index contributed by atoms with van der Waals surface area (Å²) in [6, 6.07) is 9.67. The molecule has 0 aromatic heterocycles. The van der Waals surface area contributed by atoms with E-state index in [0.717, 1.165) is 44.3 Å². The zero-order chi connectivity index (χ0) is 19.6. The van der Waals surface area contributed by atoms with Gasteiger partial charge < -0.3 is 20.2 Å². The maximum absolute atomic E-state index is 12.6. The van der Waals surface area contributed by atoms with Gasteiger partial charge in [0, 0.05) is 38.6 Å². The van der Waals surface area contributed by atoms with Crippen LogP contribution >= 0.6 is 0 Å². The van der Waals surface area contributed by atoms with Gasteiger partial charge in [0.2, 0.25) is 5.91 Å². The number of carbonyl (C=O) groups is 2. The number of amides is 3. The minimum Gasteiger partial charge on any atom is -0.385 e. The molecule has 152 valence electrons. The lowest BCUT2D eigenvalue weighted by molar-refractivity contribution is -0.134. The third-order valence-corrected chi connectivity index (χ3v) is 6.49. The number of aliphatic hydroxyl groups is 1. The van der Waals surface area contributed by atoms with Crippen molar-refractivity contribution in [2.75, 3.05) is 32.7 Å². The van der Waals surface area contributed by atoms with E-state index in [9.17, 15) is 14.7 Å². The number of likely N-dealkylation sites (tertiary alicyclic amines) is 2. The van der Waals surface area contributed by atoms with E-state index in [0.29, 0.717) is 44.3 Å². The lowest BCUT2D eigenvalue weighted by atomic mass is 9.84. The molecule has 3 aliphatic rings. The Morgan fingerprint density at radius 1 is 1.04 bits per heavy atom. The fourth-order valence-electron chi connectivity index (χ4n) is 4.48. The highest BCUT2D eigenvalue weighted by molar-refractivity contribution is 5.81. The molecule has 6 nitrogen and oxygen atoms in total. The number of nitrogens with one attached hydrogen (secondary N) is 1. The summed E-state index contributed by atoms with van der Waals surface area (Å²) >= 11 is 0. The first-order valence-corrected chi connectivity index (χ1v) is 10.6. The van der Waals surface area contributed by atoms with E-state index in [1.54, 1.807) is 4.90 Å². The van der Waals surface area contributed by atoms with Gasteiger partial charge in [0.05, 0.1) is 5.60 Å². The molecule has 2 heterocycles. The zero-order valence-corrected chi connectivity index (χ0v) is 16.5. The summed E-state index contributed by atoms with van der Waals surface area (Å²) in [7, 11) is 0. The van der Waals surface area contributed by atoms with E-state index < -0.39 is 5.60 Å². The molecule has 1 aliphatic carbocycles. The van der Waals surface area contributed by atoms with Gasteiger partial charge in [-0.05, 0) is 50.0 Å². The van der Waals surface area contributed by atoms with Crippen LogP contribution in [0.5, 0.6) is 0 Å². The SMILES string of the molecule is O=C(NC[C@@H]1CCCN(C(=O)C2CC2)C1)N1CCC(O)(c2ccccc2)CC1. The third-order valence-electron chi connectivity index (χ3n) is 6.49. The van der Waals surface area contributed by atoms with Crippen molar-refractivity contribution >= 4 is 11.9 Å². The summed E-state index contributed by atoms with van der Waals surface area (Å²) in [5.74, 6) is 0.920. The van der Waals surface area contributed by atoms with Gasteiger partial charge in [0.1, 0.15) is 0 Å². The zero-order valence-electron chi connectivity index (χ0n) is 16.5. The van der Waals surface area contributed by atoms with E-state index in [-0.39, 0.29) is 11.9 Å². The second-order valence-electron chi connectivity index (χ2n) is 8.64. The van der Waals surface area contributed by atoms with Gasteiger partial charge in [-0.15, -0.1) is 0 Å². The predicted octanol–water partition coefficient (Wildman–Crippen LogP) is 2.33. The van der Waals surface area contributed by atoms with Crippen molar-refractivity contribution in [1.29, 1.82) is 0 Å². The predicted molar refractivity (Wildman–Crippen MR) is 107 cm³/mol. The molecular weight excluding hydrogens is 354 g/mol. The van der Waals surface area contributed by atoms with Crippen molar-refractivity contribution < 1.29 is 14.7 Å². The molecule has 2 saturated heterocycles. The number of nitrogens with zero attached hydrogens (tertiary/aromatic N) is 2. The molecule has 4 rings (SSSR count). The first kappa shape index (κ1) is 19.2. The lowest BCUT2D eigenvalue weighted by Gasteiger charge is -2.39. The summed E-state index contributed by atoms with van der Waals surface area (Å²) in [5.41, 5.74) is 0.0862. The Kier molecular flexibility index (Phi) is 5.58. The second-order valence-corrected chi connectivity index (χ2v) is 8.64. The van der Waals surface area contributed by atoms with Crippen LogP contribution in [0.4, 0.5) is 4.79 Å². The van der Waals surface area contributed by atoms with Crippen molar-refractivity contribution in [3.8, 4) is 0 Å². The number of benzene rings is 1. The van der Waals surface area contributed by atoms with Gasteiger partial charge in [-0.2, -0.15) is 0 Å². The van der Waals surface area contributed by atoms with Gasteiger partial charge in [-0.1, -0.05) is 30.3 Å². The summed E-state index contributed by atoms with van der Waals surface area (Å²) in [6.45, 7) is 3.35. The number of carbonyl (C=O) groups excluding carboxylic acids is 2. The van der Waals surface area contributed by atoms with Crippen molar-refractivity contribution in [3.05, 3.63) is 35.9 Å². The van der Waals surface area contributed by atoms with Crippen LogP contribution in [-0.2, 0) is 10.4 Å². The molecule has 0 unspecified atom stereocenters. The Morgan fingerprint density at radius 2 is 1.75 bits per heavy atom.